The van der Waals surface area contributed by atoms with Crippen LogP contribution in [-0.2, 0) is 11.3 Å². The molecule has 0 radical (unpaired) electrons. The number of morpholine rings is 1. The molecule has 0 saturated carbocycles. The number of fused-ring (bicyclic) bond motifs is 2. The van der Waals surface area contributed by atoms with Gasteiger partial charge in [0.05, 0.1) is 12.2 Å². The van der Waals surface area contributed by atoms with Crippen molar-refractivity contribution in [1.82, 2.24) is 4.90 Å². The summed E-state index contributed by atoms with van der Waals surface area (Å²) in [7, 11) is 0. The molecule has 2 atom stereocenters. The first-order valence-corrected chi connectivity index (χ1v) is 6.92. The Hall–Kier alpha value is -0.580. The van der Waals surface area contributed by atoms with Crippen molar-refractivity contribution in [3.05, 3.63) is 28.2 Å². The van der Waals surface area contributed by atoms with Crippen LogP contribution in [-0.4, -0.2) is 30.2 Å². The Labute approximate surface area is 110 Å². The summed E-state index contributed by atoms with van der Waals surface area (Å²) in [6.07, 6.45) is 3.34. The molecule has 1 aromatic carbocycles. The summed E-state index contributed by atoms with van der Waals surface area (Å²) < 4.78 is 6.88. The first-order chi connectivity index (χ1) is 8.20. The number of likely N-dealkylation sites (tertiary alicyclic amines) is 1. The Bertz CT molecular complexity index is 412. The van der Waals surface area contributed by atoms with E-state index in [1.54, 1.807) is 0 Å². The third-order valence-corrected chi connectivity index (χ3v) is 4.11. The molecule has 2 N–H and O–H groups in total. The second kappa shape index (κ2) is 4.59. The summed E-state index contributed by atoms with van der Waals surface area (Å²) in [4.78, 5) is 2.46. The highest BCUT2D eigenvalue weighted by molar-refractivity contribution is 9.10. The molecule has 3 nitrogen and oxygen atoms in total. The number of hydrogen-bond donors (Lipinski definition) is 1. The van der Waals surface area contributed by atoms with Crippen LogP contribution in [0, 0.1) is 0 Å². The Morgan fingerprint density at radius 3 is 2.65 bits per heavy atom. The van der Waals surface area contributed by atoms with Crippen LogP contribution in [0.5, 0.6) is 0 Å². The fraction of sp³-hybridized carbons (Fsp3) is 0.538. The molecule has 0 aromatic heterocycles. The highest BCUT2D eigenvalue weighted by Gasteiger charge is 2.33. The van der Waals surface area contributed by atoms with E-state index >= 15 is 0 Å². The van der Waals surface area contributed by atoms with Crippen molar-refractivity contribution in [2.24, 2.45) is 0 Å². The first kappa shape index (κ1) is 11.5. The van der Waals surface area contributed by atoms with E-state index in [0.29, 0.717) is 12.2 Å². The second-order valence-corrected chi connectivity index (χ2v) is 5.91. The zero-order valence-electron chi connectivity index (χ0n) is 9.73. The topological polar surface area (TPSA) is 38.5 Å². The summed E-state index contributed by atoms with van der Waals surface area (Å²) in [6.45, 7) is 3.04. The van der Waals surface area contributed by atoms with Gasteiger partial charge in [-0.1, -0.05) is 22.0 Å². The third kappa shape index (κ3) is 2.49. The van der Waals surface area contributed by atoms with Crippen LogP contribution in [0.4, 0.5) is 5.69 Å². The molecular weight excluding hydrogens is 280 g/mol. The van der Waals surface area contributed by atoms with E-state index in [-0.39, 0.29) is 0 Å². The number of nitrogens with two attached hydrogens (primary N) is 1. The summed E-state index contributed by atoms with van der Waals surface area (Å²) in [5, 5.41) is 0. The lowest BCUT2D eigenvalue weighted by Crippen LogP contribution is -2.42. The number of nitrogen functional groups attached to an aromatic ring is 1. The Morgan fingerprint density at radius 1 is 1.29 bits per heavy atom. The van der Waals surface area contributed by atoms with E-state index in [0.717, 1.165) is 29.8 Å². The van der Waals surface area contributed by atoms with Crippen molar-refractivity contribution < 1.29 is 4.74 Å². The van der Waals surface area contributed by atoms with Crippen LogP contribution in [0.15, 0.2) is 22.7 Å². The monoisotopic (exact) mass is 296 g/mol. The van der Waals surface area contributed by atoms with Crippen molar-refractivity contribution in [3.63, 3.8) is 0 Å². The largest absolute Gasteiger partial charge is 0.398 e. The molecule has 2 heterocycles. The van der Waals surface area contributed by atoms with E-state index < -0.39 is 0 Å². The summed E-state index contributed by atoms with van der Waals surface area (Å²) in [5.74, 6) is 0. The predicted molar refractivity (Wildman–Crippen MR) is 71.7 cm³/mol. The van der Waals surface area contributed by atoms with Gasteiger partial charge in [-0.2, -0.15) is 0 Å². The van der Waals surface area contributed by atoms with E-state index in [1.165, 1.54) is 18.4 Å². The van der Waals surface area contributed by atoms with E-state index in [1.807, 2.05) is 6.07 Å². The van der Waals surface area contributed by atoms with Gasteiger partial charge in [-0.15, -0.1) is 0 Å². The van der Waals surface area contributed by atoms with Gasteiger partial charge in [-0.25, -0.2) is 0 Å². The minimum atomic E-state index is 0.449. The number of nitrogens with zero attached hydrogens (tertiary/aromatic N) is 1. The molecule has 3 rings (SSSR count). The fourth-order valence-electron chi connectivity index (χ4n) is 2.78. The molecular formula is C13H17BrN2O. The van der Waals surface area contributed by atoms with Gasteiger partial charge >= 0.3 is 0 Å². The molecule has 4 heteroatoms. The molecule has 1 aromatic rings. The average molecular weight is 297 g/mol. The molecule has 0 aliphatic carbocycles. The van der Waals surface area contributed by atoms with Crippen LogP contribution in [0.25, 0.3) is 0 Å². The van der Waals surface area contributed by atoms with Crippen LogP contribution in [0.1, 0.15) is 18.4 Å². The highest BCUT2D eigenvalue weighted by atomic mass is 79.9. The molecule has 2 fully saturated rings. The number of halogens is 1. The van der Waals surface area contributed by atoms with Gasteiger partial charge in [0.2, 0.25) is 0 Å². The van der Waals surface area contributed by atoms with E-state index in [4.69, 9.17) is 10.5 Å². The maximum absolute atomic E-state index is 6.04. The lowest BCUT2D eigenvalue weighted by atomic mass is 10.1. The SMILES string of the molecule is Nc1cc(Br)ccc1CN1CC2CCC(C1)O2. The summed E-state index contributed by atoms with van der Waals surface area (Å²) >= 11 is 3.44. The smallest absolute Gasteiger partial charge is 0.0707 e. The van der Waals surface area contributed by atoms with Crippen LogP contribution < -0.4 is 5.73 Å². The number of anilines is 1. The molecule has 2 bridgehead atoms. The van der Waals surface area contributed by atoms with Crippen LogP contribution in [0.3, 0.4) is 0 Å². The van der Waals surface area contributed by atoms with Crippen molar-refractivity contribution in [3.8, 4) is 0 Å². The number of rotatable bonds is 2. The quantitative estimate of drug-likeness (QED) is 0.852. The van der Waals surface area contributed by atoms with Gasteiger partial charge in [0.25, 0.3) is 0 Å². The molecule has 2 aliphatic heterocycles. The molecule has 0 amide bonds. The predicted octanol–water partition coefficient (Wildman–Crippen LogP) is 2.39. The maximum Gasteiger partial charge on any atom is 0.0707 e. The average Bonchev–Trinajstić information content (AvgIpc) is 2.62. The lowest BCUT2D eigenvalue weighted by molar-refractivity contribution is -0.0410. The van der Waals surface area contributed by atoms with Crippen LogP contribution >= 0.6 is 15.9 Å². The van der Waals surface area contributed by atoms with Crippen molar-refractivity contribution in [2.45, 2.75) is 31.6 Å². The minimum Gasteiger partial charge on any atom is -0.398 e. The minimum absolute atomic E-state index is 0.449. The maximum atomic E-state index is 6.04. The summed E-state index contributed by atoms with van der Waals surface area (Å²) in [6, 6.07) is 6.14. The fourth-order valence-corrected chi connectivity index (χ4v) is 3.16. The Kier molecular flexibility index (Phi) is 3.11. The van der Waals surface area contributed by atoms with E-state index in [2.05, 4.69) is 33.0 Å². The van der Waals surface area contributed by atoms with Gasteiger partial charge in [0.1, 0.15) is 0 Å². The standard InChI is InChI=1S/C13H17BrN2O/c14-10-2-1-9(13(15)5-10)6-16-7-11-3-4-12(8-16)17-11/h1-2,5,11-12H,3-4,6-8,15H2. The van der Waals surface area contributed by atoms with Crippen molar-refractivity contribution >= 4 is 21.6 Å². The Morgan fingerprint density at radius 2 is 2.00 bits per heavy atom. The number of benzene rings is 1. The van der Waals surface area contributed by atoms with Gasteiger partial charge in [0.15, 0.2) is 0 Å². The molecule has 92 valence electrons. The number of hydrogen-bond acceptors (Lipinski definition) is 3. The first-order valence-electron chi connectivity index (χ1n) is 6.12. The molecule has 2 saturated heterocycles. The van der Waals surface area contributed by atoms with E-state index in [9.17, 15) is 0 Å². The Balaban J connectivity index is 1.70. The molecule has 0 spiro atoms. The van der Waals surface area contributed by atoms with Crippen LogP contribution in [0.2, 0.25) is 0 Å². The highest BCUT2D eigenvalue weighted by Crippen LogP contribution is 2.28. The van der Waals surface area contributed by atoms with Gasteiger partial charge in [-0.3, -0.25) is 4.90 Å². The van der Waals surface area contributed by atoms with Gasteiger partial charge in [0, 0.05) is 29.8 Å². The normalized spacial score (nSPS) is 28.5. The zero-order valence-corrected chi connectivity index (χ0v) is 11.3. The lowest BCUT2D eigenvalue weighted by Gasteiger charge is -2.32. The summed E-state index contributed by atoms with van der Waals surface area (Å²) in [5.41, 5.74) is 8.13. The molecule has 2 aliphatic rings. The second-order valence-electron chi connectivity index (χ2n) is 4.99. The van der Waals surface area contributed by atoms with Gasteiger partial charge < -0.3 is 10.5 Å². The zero-order chi connectivity index (χ0) is 11.8. The third-order valence-electron chi connectivity index (χ3n) is 3.62. The van der Waals surface area contributed by atoms with Crippen molar-refractivity contribution in [2.75, 3.05) is 18.8 Å². The number of ether oxygens (including phenoxy) is 1. The molecule has 17 heavy (non-hydrogen) atoms. The molecule has 2 unspecified atom stereocenters. The van der Waals surface area contributed by atoms with Crippen molar-refractivity contribution in [1.29, 1.82) is 0 Å². The van der Waals surface area contributed by atoms with Gasteiger partial charge in [-0.05, 0) is 30.5 Å².